The quantitative estimate of drug-likeness (QED) is 0.658. The van der Waals surface area contributed by atoms with Crippen molar-refractivity contribution in [3.63, 3.8) is 0 Å². The number of hydrogen-bond donors (Lipinski definition) is 2. The minimum Gasteiger partial charge on any atom is -0.496 e. The highest BCUT2D eigenvalue weighted by Crippen LogP contribution is 2.32. The van der Waals surface area contributed by atoms with Crippen LogP contribution in [0.4, 0.5) is 0 Å². The molecular formula is C22H44N2O2. The lowest BCUT2D eigenvalue weighted by atomic mass is 9.85. The molecule has 3 N–H and O–H groups in total. The van der Waals surface area contributed by atoms with Crippen LogP contribution in [-0.4, -0.2) is 32.5 Å². The highest BCUT2D eigenvalue weighted by atomic mass is 16.5. The average molecular weight is 369 g/mol. The van der Waals surface area contributed by atoms with Gasteiger partial charge < -0.3 is 20.6 Å². The van der Waals surface area contributed by atoms with Gasteiger partial charge in [-0.2, -0.15) is 0 Å². The molecule has 1 aliphatic heterocycles. The van der Waals surface area contributed by atoms with Gasteiger partial charge in [-0.05, 0) is 69.5 Å². The Morgan fingerprint density at radius 2 is 2.15 bits per heavy atom. The zero-order valence-electron chi connectivity index (χ0n) is 17.0. The standard InChI is InChI=1S/C16H28N2O.C6H12O.2H2/c17-10-5-7-14-6-3-4-11-18-12-13-19-16-9-2-1-8-15(14)16;1-3-6(4-2)5-7;;/h1,8,14,18H,2-7,9-13,17H2;5-6H,3-4H2,1-2H3;2*1H. The molecule has 1 aliphatic carbocycles. The summed E-state index contributed by atoms with van der Waals surface area (Å²) in [6.45, 7) is 7.74. The largest absolute Gasteiger partial charge is 0.496 e. The smallest absolute Gasteiger partial charge is 0.123 e. The summed E-state index contributed by atoms with van der Waals surface area (Å²) in [5.41, 5.74) is 7.15. The van der Waals surface area contributed by atoms with Gasteiger partial charge in [0.15, 0.2) is 0 Å². The highest BCUT2D eigenvalue weighted by Gasteiger charge is 2.19. The van der Waals surface area contributed by atoms with Crippen molar-refractivity contribution in [2.24, 2.45) is 17.6 Å². The Kier molecular flexibility index (Phi) is 13.2. The maximum Gasteiger partial charge on any atom is 0.123 e. The third-order valence-corrected chi connectivity index (χ3v) is 5.31. The number of carbonyl (C=O) groups is 1. The Bertz CT molecular complexity index is 438. The number of ether oxygens (including phenoxy) is 1. The van der Waals surface area contributed by atoms with Gasteiger partial charge in [-0.1, -0.05) is 32.4 Å². The lowest BCUT2D eigenvalue weighted by Gasteiger charge is -2.24. The SMILES string of the molecule is CCC(C=O)CC.NCCCC1CCCCNCCOC2=C1C=CCC2.[HH].[HH]. The number of nitrogens with two attached hydrogens (primary N) is 1. The summed E-state index contributed by atoms with van der Waals surface area (Å²) < 4.78 is 6.02. The summed E-state index contributed by atoms with van der Waals surface area (Å²) >= 11 is 0. The zero-order valence-corrected chi connectivity index (χ0v) is 17.0. The van der Waals surface area contributed by atoms with Gasteiger partial charge in [0, 0.05) is 21.7 Å². The van der Waals surface area contributed by atoms with E-state index in [1.54, 1.807) is 0 Å². The normalized spacial score (nSPS) is 21.2. The molecule has 0 saturated heterocycles. The Morgan fingerprint density at radius 3 is 2.81 bits per heavy atom. The summed E-state index contributed by atoms with van der Waals surface area (Å²) in [6.07, 6.45) is 16.0. The number of rotatable bonds is 6. The first kappa shape index (κ1) is 22.9. The van der Waals surface area contributed by atoms with Crippen molar-refractivity contribution in [1.29, 1.82) is 0 Å². The van der Waals surface area contributed by atoms with Gasteiger partial charge in [0.2, 0.25) is 0 Å². The van der Waals surface area contributed by atoms with Crippen molar-refractivity contribution in [3.8, 4) is 0 Å². The molecule has 1 unspecified atom stereocenters. The molecule has 0 saturated carbocycles. The maximum absolute atomic E-state index is 9.97. The Labute approximate surface area is 163 Å². The first-order chi connectivity index (χ1) is 12.8. The van der Waals surface area contributed by atoms with E-state index in [-0.39, 0.29) is 2.85 Å². The van der Waals surface area contributed by atoms with Crippen LogP contribution in [0.2, 0.25) is 0 Å². The molecule has 0 aromatic carbocycles. The van der Waals surface area contributed by atoms with E-state index < -0.39 is 0 Å². The summed E-state index contributed by atoms with van der Waals surface area (Å²) in [5, 5.41) is 3.45. The van der Waals surface area contributed by atoms with Gasteiger partial charge in [-0.25, -0.2) is 0 Å². The second kappa shape index (κ2) is 15.0. The van der Waals surface area contributed by atoms with Gasteiger partial charge in [-0.3, -0.25) is 0 Å². The van der Waals surface area contributed by atoms with Crippen LogP contribution in [0, 0.1) is 11.8 Å². The summed E-state index contributed by atoms with van der Waals surface area (Å²) in [6, 6.07) is 0. The fourth-order valence-electron chi connectivity index (χ4n) is 3.49. The number of hydrogen-bond acceptors (Lipinski definition) is 4. The van der Waals surface area contributed by atoms with Gasteiger partial charge in [0.1, 0.15) is 12.9 Å². The number of aldehydes is 1. The molecule has 2 rings (SSSR count). The molecule has 154 valence electrons. The molecule has 26 heavy (non-hydrogen) atoms. The number of allylic oxidation sites excluding steroid dienone is 4. The fourth-order valence-corrected chi connectivity index (χ4v) is 3.49. The Hall–Kier alpha value is -1.13. The van der Waals surface area contributed by atoms with Crippen molar-refractivity contribution in [1.82, 2.24) is 5.32 Å². The number of carbonyl (C=O) groups excluding carboxylic acids is 1. The molecular weight excluding hydrogens is 324 g/mol. The molecule has 4 nitrogen and oxygen atoms in total. The summed E-state index contributed by atoms with van der Waals surface area (Å²) in [4.78, 5) is 9.97. The van der Waals surface area contributed by atoms with Gasteiger partial charge >= 0.3 is 0 Å². The topological polar surface area (TPSA) is 64.4 Å². The molecule has 0 spiro atoms. The molecule has 1 atom stereocenters. The number of nitrogens with one attached hydrogen (secondary N) is 1. The van der Waals surface area contributed by atoms with E-state index in [1.807, 2.05) is 13.8 Å². The molecule has 0 radical (unpaired) electrons. The van der Waals surface area contributed by atoms with E-state index >= 15 is 0 Å². The first-order valence-corrected chi connectivity index (χ1v) is 10.6. The van der Waals surface area contributed by atoms with Crippen LogP contribution in [0.5, 0.6) is 0 Å². The van der Waals surface area contributed by atoms with E-state index in [0.29, 0.717) is 11.8 Å². The lowest BCUT2D eigenvalue weighted by Crippen LogP contribution is -2.20. The molecule has 0 fully saturated rings. The average Bonchev–Trinajstić information content (AvgIpc) is 2.72. The lowest BCUT2D eigenvalue weighted by molar-refractivity contribution is -0.111. The van der Waals surface area contributed by atoms with E-state index in [2.05, 4.69) is 17.5 Å². The van der Waals surface area contributed by atoms with Gasteiger partial charge in [0.25, 0.3) is 0 Å². The summed E-state index contributed by atoms with van der Waals surface area (Å²) in [7, 11) is 0. The van der Waals surface area contributed by atoms with Crippen LogP contribution < -0.4 is 11.1 Å². The predicted molar refractivity (Wildman–Crippen MR) is 114 cm³/mol. The molecule has 0 aromatic rings. The third kappa shape index (κ3) is 9.00. The van der Waals surface area contributed by atoms with Crippen LogP contribution in [0.15, 0.2) is 23.5 Å². The minimum atomic E-state index is 0. The molecule has 0 aromatic heterocycles. The first-order valence-electron chi connectivity index (χ1n) is 10.6. The van der Waals surface area contributed by atoms with Crippen molar-refractivity contribution >= 4 is 6.29 Å². The zero-order chi connectivity index (χ0) is 19.0. The van der Waals surface area contributed by atoms with Crippen LogP contribution in [0.1, 0.15) is 74.5 Å². The highest BCUT2D eigenvalue weighted by molar-refractivity contribution is 5.52. The van der Waals surface area contributed by atoms with Crippen molar-refractivity contribution in [2.45, 2.75) is 71.6 Å². The molecule has 0 amide bonds. The molecule has 4 heteroatoms. The maximum atomic E-state index is 9.97. The molecule has 0 bridgehead atoms. The van der Waals surface area contributed by atoms with Gasteiger partial charge in [0.05, 0.1) is 5.76 Å². The van der Waals surface area contributed by atoms with Gasteiger partial charge in [-0.15, -0.1) is 0 Å². The fraction of sp³-hybridized carbons (Fsp3) is 0.773. The second-order valence-electron chi connectivity index (χ2n) is 7.25. The van der Waals surface area contributed by atoms with E-state index in [4.69, 9.17) is 10.5 Å². The van der Waals surface area contributed by atoms with Crippen LogP contribution in [-0.2, 0) is 9.53 Å². The molecule has 2 aliphatic rings. The summed E-state index contributed by atoms with van der Waals surface area (Å²) in [5.74, 6) is 2.20. The van der Waals surface area contributed by atoms with E-state index in [0.717, 1.165) is 64.6 Å². The van der Waals surface area contributed by atoms with E-state index in [1.165, 1.54) is 37.0 Å². The van der Waals surface area contributed by atoms with Crippen molar-refractivity contribution in [3.05, 3.63) is 23.5 Å². The predicted octanol–water partition coefficient (Wildman–Crippen LogP) is 4.85. The molecule has 1 heterocycles. The Balaban J connectivity index is 0. The van der Waals surface area contributed by atoms with Crippen LogP contribution in [0.3, 0.4) is 0 Å². The monoisotopic (exact) mass is 368 g/mol. The third-order valence-electron chi connectivity index (χ3n) is 5.31. The van der Waals surface area contributed by atoms with Crippen LogP contribution in [0.25, 0.3) is 0 Å². The van der Waals surface area contributed by atoms with Crippen LogP contribution >= 0.6 is 0 Å². The minimum absolute atomic E-state index is 0. The van der Waals surface area contributed by atoms with Crippen molar-refractivity contribution < 1.29 is 12.4 Å². The Morgan fingerprint density at radius 1 is 1.35 bits per heavy atom. The van der Waals surface area contributed by atoms with Crippen molar-refractivity contribution in [2.75, 3.05) is 26.2 Å². The van der Waals surface area contributed by atoms with E-state index in [9.17, 15) is 4.79 Å². The second-order valence-corrected chi connectivity index (χ2v) is 7.25.